The maximum atomic E-state index is 11.4. The molecule has 0 radical (unpaired) electrons. The lowest BCUT2D eigenvalue weighted by Gasteiger charge is -2.03. The van der Waals surface area contributed by atoms with Crippen LogP contribution in [0.25, 0.3) is 6.08 Å². The number of ether oxygens (including phenoxy) is 1. The van der Waals surface area contributed by atoms with E-state index in [1.165, 1.54) is 6.08 Å². The summed E-state index contributed by atoms with van der Waals surface area (Å²) in [7, 11) is 0. The lowest BCUT2D eigenvalue weighted by molar-refractivity contribution is -0.137. The Balaban J connectivity index is 2.25. The zero-order valence-electron chi connectivity index (χ0n) is 10.5. The molecule has 0 aromatic heterocycles. The first-order valence-corrected chi connectivity index (χ1v) is 6.41. The van der Waals surface area contributed by atoms with Crippen LogP contribution >= 0.6 is 11.6 Å². The topological polar surface area (TPSA) is 38.3 Å². The van der Waals surface area contributed by atoms with Gasteiger partial charge in [0.15, 0.2) is 0 Å². The van der Waals surface area contributed by atoms with Gasteiger partial charge >= 0.3 is 5.97 Å². The van der Waals surface area contributed by atoms with Crippen LogP contribution in [0.15, 0.2) is 30.3 Å². The van der Waals surface area contributed by atoms with Gasteiger partial charge < -0.3 is 10.1 Å². The number of benzene rings is 1. The largest absolute Gasteiger partial charge is 0.461 e. The molecule has 0 bridgehead atoms. The number of rotatable bonds is 7. The SMILES string of the molecule is CCCNCCOC(=O)/C=C/c1ccc(Cl)cc1. The minimum absolute atomic E-state index is 0.330. The summed E-state index contributed by atoms with van der Waals surface area (Å²) in [5, 5.41) is 3.83. The molecule has 1 rings (SSSR count). The summed E-state index contributed by atoms with van der Waals surface area (Å²) in [6.45, 7) is 4.12. The van der Waals surface area contributed by atoms with Gasteiger partial charge in [-0.15, -0.1) is 0 Å². The summed E-state index contributed by atoms with van der Waals surface area (Å²) in [6.07, 6.45) is 4.20. The molecule has 0 aliphatic rings. The second kappa shape index (κ2) is 8.72. The summed E-state index contributed by atoms with van der Waals surface area (Å²) >= 11 is 5.76. The quantitative estimate of drug-likeness (QED) is 0.469. The molecule has 0 fully saturated rings. The predicted molar refractivity (Wildman–Crippen MR) is 74.6 cm³/mol. The monoisotopic (exact) mass is 267 g/mol. The molecule has 0 aliphatic carbocycles. The Morgan fingerprint density at radius 2 is 2.06 bits per heavy atom. The molecule has 4 heteroatoms. The van der Waals surface area contributed by atoms with Gasteiger partial charge in [0.05, 0.1) is 0 Å². The van der Waals surface area contributed by atoms with Gasteiger partial charge in [0.25, 0.3) is 0 Å². The van der Waals surface area contributed by atoms with Crippen LogP contribution in [0.2, 0.25) is 5.02 Å². The number of esters is 1. The average Bonchev–Trinajstić information content (AvgIpc) is 2.38. The van der Waals surface area contributed by atoms with Gasteiger partial charge in [-0.3, -0.25) is 0 Å². The summed E-state index contributed by atoms with van der Waals surface area (Å²) in [5.74, 6) is -0.330. The minimum Gasteiger partial charge on any atom is -0.461 e. The highest BCUT2D eigenvalue weighted by atomic mass is 35.5. The van der Waals surface area contributed by atoms with Crippen LogP contribution in [0.3, 0.4) is 0 Å². The highest BCUT2D eigenvalue weighted by Gasteiger charge is 1.96. The van der Waals surface area contributed by atoms with Gasteiger partial charge in [-0.25, -0.2) is 4.79 Å². The van der Waals surface area contributed by atoms with Crippen molar-refractivity contribution in [2.45, 2.75) is 13.3 Å². The van der Waals surface area contributed by atoms with Crippen molar-refractivity contribution < 1.29 is 9.53 Å². The molecule has 0 amide bonds. The molecule has 0 saturated heterocycles. The van der Waals surface area contributed by atoms with Crippen molar-refractivity contribution in [2.24, 2.45) is 0 Å². The first-order valence-electron chi connectivity index (χ1n) is 6.03. The molecular weight excluding hydrogens is 250 g/mol. The van der Waals surface area contributed by atoms with Crippen LogP contribution < -0.4 is 5.32 Å². The lowest BCUT2D eigenvalue weighted by Crippen LogP contribution is -2.21. The Labute approximate surface area is 113 Å². The molecule has 0 saturated carbocycles. The highest BCUT2D eigenvalue weighted by molar-refractivity contribution is 6.30. The van der Waals surface area contributed by atoms with E-state index in [-0.39, 0.29) is 5.97 Å². The van der Waals surface area contributed by atoms with Crippen molar-refractivity contribution in [3.05, 3.63) is 40.9 Å². The highest BCUT2D eigenvalue weighted by Crippen LogP contribution is 2.10. The molecule has 1 N–H and O–H groups in total. The lowest BCUT2D eigenvalue weighted by atomic mass is 10.2. The fraction of sp³-hybridized carbons (Fsp3) is 0.357. The van der Waals surface area contributed by atoms with E-state index in [1.807, 2.05) is 12.1 Å². The Kier molecular flexibility index (Phi) is 7.14. The summed E-state index contributed by atoms with van der Waals surface area (Å²) in [4.78, 5) is 11.4. The fourth-order valence-electron chi connectivity index (χ4n) is 1.31. The van der Waals surface area contributed by atoms with Gasteiger partial charge in [-0.2, -0.15) is 0 Å². The van der Waals surface area contributed by atoms with Crippen LogP contribution in [0.4, 0.5) is 0 Å². The predicted octanol–water partition coefficient (Wildman–Crippen LogP) is 2.90. The Bertz CT molecular complexity index is 387. The van der Waals surface area contributed by atoms with Crippen molar-refractivity contribution >= 4 is 23.6 Å². The molecule has 0 aliphatic heterocycles. The van der Waals surface area contributed by atoms with E-state index >= 15 is 0 Å². The van der Waals surface area contributed by atoms with Crippen LogP contribution in [0.1, 0.15) is 18.9 Å². The molecule has 0 atom stereocenters. The van der Waals surface area contributed by atoms with Crippen LogP contribution in [-0.2, 0) is 9.53 Å². The molecule has 0 unspecified atom stereocenters. The van der Waals surface area contributed by atoms with Crippen LogP contribution in [-0.4, -0.2) is 25.7 Å². The van der Waals surface area contributed by atoms with Gasteiger partial charge in [-0.05, 0) is 36.7 Å². The van der Waals surface area contributed by atoms with E-state index in [2.05, 4.69) is 12.2 Å². The second-order valence-corrected chi connectivity index (χ2v) is 4.24. The molecule has 1 aromatic rings. The molecule has 0 spiro atoms. The Hall–Kier alpha value is -1.32. The standard InChI is InChI=1S/C14H18ClNO2/c1-2-9-16-10-11-18-14(17)8-5-12-3-6-13(15)7-4-12/h3-8,16H,2,9-11H2,1H3/b8-5+. The van der Waals surface area contributed by atoms with Crippen molar-refractivity contribution in [2.75, 3.05) is 19.7 Å². The van der Waals surface area contributed by atoms with Gasteiger partial charge in [0, 0.05) is 17.6 Å². The van der Waals surface area contributed by atoms with E-state index in [1.54, 1.807) is 18.2 Å². The first-order chi connectivity index (χ1) is 8.72. The minimum atomic E-state index is -0.330. The normalized spacial score (nSPS) is 10.8. The summed E-state index contributed by atoms with van der Waals surface area (Å²) in [5.41, 5.74) is 0.917. The third-order valence-corrected chi connectivity index (χ3v) is 2.48. The Morgan fingerprint density at radius 3 is 2.72 bits per heavy atom. The third kappa shape index (κ3) is 6.42. The van der Waals surface area contributed by atoms with Gasteiger partial charge in [0.2, 0.25) is 0 Å². The van der Waals surface area contributed by atoms with Crippen molar-refractivity contribution in [1.82, 2.24) is 5.32 Å². The number of halogens is 1. The third-order valence-electron chi connectivity index (χ3n) is 2.23. The fourth-order valence-corrected chi connectivity index (χ4v) is 1.44. The smallest absolute Gasteiger partial charge is 0.330 e. The van der Waals surface area contributed by atoms with Gasteiger partial charge in [-0.1, -0.05) is 30.7 Å². The second-order valence-electron chi connectivity index (χ2n) is 3.80. The van der Waals surface area contributed by atoms with Crippen molar-refractivity contribution in [1.29, 1.82) is 0 Å². The van der Waals surface area contributed by atoms with E-state index in [4.69, 9.17) is 16.3 Å². The first kappa shape index (κ1) is 14.7. The maximum absolute atomic E-state index is 11.4. The van der Waals surface area contributed by atoms with E-state index in [0.717, 1.165) is 18.5 Å². The molecule has 3 nitrogen and oxygen atoms in total. The molecule has 98 valence electrons. The summed E-state index contributed by atoms with van der Waals surface area (Å²) < 4.78 is 5.02. The zero-order valence-corrected chi connectivity index (χ0v) is 11.2. The zero-order chi connectivity index (χ0) is 13.2. The van der Waals surface area contributed by atoms with Crippen LogP contribution in [0, 0.1) is 0 Å². The van der Waals surface area contributed by atoms with Crippen molar-refractivity contribution in [3.63, 3.8) is 0 Å². The average molecular weight is 268 g/mol. The number of carbonyl (C=O) groups excluding carboxylic acids is 1. The Morgan fingerprint density at radius 1 is 1.33 bits per heavy atom. The maximum Gasteiger partial charge on any atom is 0.330 e. The molecule has 18 heavy (non-hydrogen) atoms. The molecule has 0 heterocycles. The number of hydrogen-bond donors (Lipinski definition) is 1. The van der Waals surface area contributed by atoms with E-state index in [0.29, 0.717) is 18.2 Å². The van der Waals surface area contributed by atoms with Gasteiger partial charge in [0.1, 0.15) is 6.61 Å². The van der Waals surface area contributed by atoms with Crippen LogP contribution in [0.5, 0.6) is 0 Å². The number of nitrogens with one attached hydrogen (secondary N) is 1. The van der Waals surface area contributed by atoms with Crippen molar-refractivity contribution in [3.8, 4) is 0 Å². The summed E-state index contributed by atoms with van der Waals surface area (Å²) in [6, 6.07) is 7.24. The molecular formula is C14H18ClNO2. The van der Waals surface area contributed by atoms with E-state index < -0.39 is 0 Å². The van der Waals surface area contributed by atoms with E-state index in [9.17, 15) is 4.79 Å². The number of carbonyl (C=O) groups is 1. The number of hydrogen-bond acceptors (Lipinski definition) is 3. The molecule has 1 aromatic carbocycles.